The first-order chi connectivity index (χ1) is 14.0. The molecule has 0 aliphatic heterocycles. The highest BCUT2D eigenvalue weighted by Crippen LogP contribution is 2.39. The molecule has 3 aromatic rings. The Morgan fingerprint density at radius 2 is 1.93 bits per heavy atom. The predicted octanol–water partition coefficient (Wildman–Crippen LogP) is 4.12. The zero-order valence-electron chi connectivity index (χ0n) is 16.0. The molecule has 0 unspecified atom stereocenters. The summed E-state index contributed by atoms with van der Waals surface area (Å²) < 4.78 is 5.04. The second-order valence-electron chi connectivity index (χ2n) is 6.87. The molecule has 29 heavy (non-hydrogen) atoms. The fourth-order valence-corrected chi connectivity index (χ4v) is 4.83. The average Bonchev–Trinajstić information content (AvgIpc) is 3.07. The lowest BCUT2D eigenvalue weighted by Gasteiger charge is -2.13. The number of thiophene rings is 1. The zero-order valence-corrected chi connectivity index (χ0v) is 16.8. The lowest BCUT2D eigenvalue weighted by atomic mass is 9.97. The number of carbonyl (C=O) groups is 2. The number of nitrogens with one attached hydrogen (secondary N) is 1. The second-order valence-corrected chi connectivity index (χ2v) is 7.95. The van der Waals surface area contributed by atoms with Crippen molar-refractivity contribution < 1.29 is 19.4 Å². The van der Waals surface area contributed by atoms with Crippen molar-refractivity contribution in [1.82, 2.24) is 9.97 Å². The molecule has 4 rings (SSSR count). The highest BCUT2D eigenvalue weighted by molar-refractivity contribution is 7.19. The maximum absolute atomic E-state index is 11.9. The molecule has 8 heteroatoms. The van der Waals surface area contributed by atoms with Gasteiger partial charge in [-0.15, -0.1) is 11.3 Å². The Balaban J connectivity index is 1.75. The molecule has 0 radical (unpaired) electrons. The van der Waals surface area contributed by atoms with Crippen LogP contribution >= 0.6 is 11.3 Å². The average molecular weight is 411 g/mol. The summed E-state index contributed by atoms with van der Waals surface area (Å²) in [6.07, 6.45) is 4.34. The van der Waals surface area contributed by atoms with E-state index in [9.17, 15) is 9.59 Å². The van der Waals surface area contributed by atoms with Crippen LogP contribution in [0.2, 0.25) is 0 Å². The van der Waals surface area contributed by atoms with Gasteiger partial charge in [-0.05, 0) is 62.4 Å². The summed E-state index contributed by atoms with van der Waals surface area (Å²) in [5, 5.41) is 13.4. The first-order valence-electron chi connectivity index (χ1n) is 9.62. The van der Waals surface area contributed by atoms with Gasteiger partial charge in [0.05, 0.1) is 17.6 Å². The van der Waals surface area contributed by atoms with Gasteiger partial charge in [-0.1, -0.05) is 0 Å². The summed E-state index contributed by atoms with van der Waals surface area (Å²) in [4.78, 5) is 34.5. The van der Waals surface area contributed by atoms with Crippen LogP contribution in [0.4, 0.5) is 11.5 Å². The number of rotatable bonds is 6. The Kier molecular flexibility index (Phi) is 5.44. The molecule has 2 heterocycles. The summed E-state index contributed by atoms with van der Waals surface area (Å²) in [6, 6.07) is 6.51. The van der Waals surface area contributed by atoms with Crippen LogP contribution in [0.15, 0.2) is 24.3 Å². The van der Waals surface area contributed by atoms with Crippen LogP contribution in [0.25, 0.3) is 10.2 Å². The summed E-state index contributed by atoms with van der Waals surface area (Å²) in [5.41, 5.74) is 2.23. The highest BCUT2D eigenvalue weighted by atomic mass is 32.1. The largest absolute Gasteiger partial charge is 0.478 e. The van der Waals surface area contributed by atoms with Crippen molar-refractivity contribution in [1.29, 1.82) is 0 Å². The Morgan fingerprint density at radius 1 is 1.17 bits per heavy atom. The minimum Gasteiger partial charge on any atom is -0.478 e. The maximum atomic E-state index is 11.9. The molecule has 150 valence electrons. The number of hydrogen-bond acceptors (Lipinski definition) is 7. The topological polar surface area (TPSA) is 101 Å². The molecule has 0 fully saturated rings. The Bertz CT molecular complexity index is 1080. The Morgan fingerprint density at radius 3 is 2.66 bits per heavy atom. The van der Waals surface area contributed by atoms with E-state index in [2.05, 4.69) is 15.3 Å². The minimum absolute atomic E-state index is 0.0129. The third-order valence-corrected chi connectivity index (χ3v) is 6.05. The van der Waals surface area contributed by atoms with Crippen LogP contribution in [0, 0.1) is 0 Å². The van der Waals surface area contributed by atoms with Crippen LogP contribution in [0.5, 0.6) is 0 Å². The Hall–Kier alpha value is -3.00. The SMILES string of the molecule is CCOC(=O)Cc1nc(Nc2ccc(C(=O)O)cc2)c2c3c(sc2n1)CCCC3. The van der Waals surface area contributed by atoms with Crippen molar-refractivity contribution in [3.05, 3.63) is 46.1 Å². The van der Waals surface area contributed by atoms with Crippen LogP contribution in [-0.4, -0.2) is 33.6 Å². The third kappa shape index (κ3) is 4.07. The van der Waals surface area contributed by atoms with Crippen molar-refractivity contribution in [2.24, 2.45) is 0 Å². The molecule has 0 atom stereocenters. The van der Waals surface area contributed by atoms with Crippen molar-refractivity contribution >= 4 is 45.0 Å². The van der Waals surface area contributed by atoms with E-state index >= 15 is 0 Å². The summed E-state index contributed by atoms with van der Waals surface area (Å²) in [6.45, 7) is 2.08. The summed E-state index contributed by atoms with van der Waals surface area (Å²) in [5.74, 6) is -0.259. The third-order valence-electron chi connectivity index (χ3n) is 4.86. The smallest absolute Gasteiger partial charge is 0.335 e. The number of fused-ring (bicyclic) bond motifs is 3. The van der Waals surface area contributed by atoms with Gasteiger partial charge in [0.25, 0.3) is 0 Å². The minimum atomic E-state index is -0.968. The molecule has 0 spiro atoms. The second kappa shape index (κ2) is 8.16. The van der Waals surface area contributed by atoms with E-state index in [4.69, 9.17) is 9.84 Å². The fraction of sp³-hybridized carbons (Fsp3) is 0.333. The highest BCUT2D eigenvalue weighted by Gasteiger charge is 2.22. The van der Waals surface area contributed by atoms with Crippen LogP contribution in [0.3, 0.4) is 0 Å². The predicted molar refractivity (Wildman–Crippen MR) is 111 cm³/mol. The molecule has 0 saturated heterocycles. The van der Waals surface area contributed by atoms with Crippen molar-refractivity contribution in [2.45, 2.75) is 39.0 Å². The number of carbonyl (C=O) groups excluding carboxylic acids is 1. The molecule has 0 amide bonds. The van der Waals surface area contributed by atoms with Gasteiger partial charge in [0.1, 0.15) is 22.9 Å². The number of aromatic carboxylic acids is 1. The fourth-order valence-electron chi connectivity index (χ4n) is 3.55. The first kappa shape index (κ1) is 19.3. The molecule has 1 aliphatic carbocycles. The lowest BCUT2D eigenvalue weighted by molar-refractivity contribution is -0.142. The van der Waals surface area contributed by atoms with E-state index < -0.39 is 5.97 Å². The summed E-state index contributed by atoms with van der Waals surface area (Å²) >= 11 is 1.66. The van der Waals surface area contributed by atoms with Crippen molar-refractivity contribution in [2.75, 3.05) is 11.9 Å². The first-order valence-corrected chi connectivity index (χ1v) is 10.4. The van der Waals surface area contributed by atoms with Crippen LogP contribution in [0.1, 0.15) is 46.4 Å². The number of nitrogens with zero attached hydrogens (tertiary/aromatic N) is 2. The molecular weight excluding hydrogens is 390 g/mol. The number of anilines is 2. The standard InChI is InChI=1S/C21H21N3O4S/c1-2-28-17(25)11-16-23-19(22-13-9-7-12(8-10-13)21(26)27)18-14-5-3-4-6-15(14)29-20(18)24-16/h7-10H,2-6,11H2,1H3,(H,26,27)(H,22,23,24). The van der Waals surface area contributed by atoms with E-state index in [-0.39, 0.29) is 18.0 Å². The van der Waals surface area contributed by atoms with Gasteiger partial charge in [0.2, 0.25) is 0 Å². The number of esters is 1. The summed E-state index contributed by atoms with van der Waals surface area (Å²) in [7, 11) is 0. The molecule has 2 aromatic heterocycles. The number of ether oxygens (including phenoxy) is 1. The molecule has 2 N–H and O–H groups in total. The number of aromatic nitrogens is 2. The number of carboxylic acid groups (broad SMARTS) is 1. The van der Waals surface area contributed by atoms with E-state index in [0.29, 0.717) is 18.2 Å². The quantitative estimate of drug-likeness (QED) is 0.588. The van der Waals surface area contributed by atoms with Gasteiger partial charge < -0.3 is 15.2 Å². The molecule has 1 aliphatic rings. The van der Waals surface area contributed by atoms with Gasteiger partial charge in [-0.3, -0.25) is 4.79 Å². The number of aryl methyl sites for hydroxylation is 2. The molecule has 1 aromatic carbocycles. The van der Waals surface area contributed by atoms with E-state index in [1.807, 2.05) is 0 Å². The van der Waals surface area contributed by atoms with Gasteiger partial charge >= 0.3 is 11.9 Å². The van der Waals surface area contributed by atoms with E-state index in [1.54, 1.807) is 42.5 Å². The molecule has 0 bridgehead atoms. The van der Waals surface area contributed by atoms with Gasteiger partial charge in [-0.25, -0.2) is 14.8 Å². The normalized spacial score (nSPS) is 13.1. The van der Waals surface area contributed by atoms with Gasteiger partial charge in [-0.2, -0.15) is 0 Å². The zero-order chi connectivity index (χ0) is 20.4. The Labute approximate surface area is 171 Å². The van der Waals surface area contributed by atoms with E-state index in [1.165, 1.54) is 16.9 Å². The molecule has 0 saturated carbocycles. The van der Waals surface area contributed by atoms with Crippen LogP contribution < -0.4 is 5.32 Å². The van der Waals surface area contributed by atoms with Gasteiger partial charge in [0, 0.05) is 10.6 Å². The number of benzene rings is 1. The van der Waals surface area contributed by atoms with Crippen molar-refractivity contribution in [3.63, 3.8) is 0 Å². The van der Waals surface area contributed by atoms with Crippen molar-refractivity contribution in [3.8, 4) is 0 Å². The van der Waals surface area contributed by atoms with Gasteiger partial charge in [0.15, 0.2) is 0 Å². The number of hydrogen-bond donors (Lipinski definition) is 2. The monoisotopic (exact) mass is 411 g/mol. The number of carboxylic acids is 1. The van der Waals surface area contributed by atoms with E-state index in [0.717, 1.165) is 35.2 Å². The molecular formula is C21H21N3O4S. The lowest BCUT2D eigenvalue weighted by Crippen LogP contribution is -2.11. The maximum Gasteiger partial charge on any atom is 0.335 e. The molecule has 7 nitrogen and oxygen atoms in total. The van der Waals surface area contributed by atoms with Crippen LogP contribution in [-0.2, 0) is 28.8 Å².